The van der Waals surface area contributed by atoms with Crippen LogP contribution < -0.4 is 10.6 Å². The average Bonchev–Trinajstić information content (AvgIpc) is 3.18. The molecule has 0 saturated carbocycles. The van der Waals surface area contributed by atoms with E-state index in [1.165, 1.54) is 11.3 Å². The van der Waals surface area contributed by atoms with E-state index in [2.05, 4.69) is 15.6 Å². The third-order valence-corrected chi connectivity index (χ3v) is 4.60. The third-order valence-electron chi connectivity index (χ3n) is 3.84. The number of carbonyl (C=O) groups is 3. The molecule has 2 amide bonds. The number of nitrogens with zero attached hydrogens (tertiary/aromatic N) is 1. The number of thiazole rings is 1. The van der Waals surface area contributed by atoms with Crippen molar-refractivity contribution in [2.75, 3.05) is 17.2 Å². The zero-order valence-electron chi connectivity index (χ0n) is 15.7. The summed E-state index contributed by atoms with van der Waals surface area (Å²) in [6.45, 7) is 2.03. The minimum Gasteiger partial charge on any atom is -0.462 e. The molecule has 2 N–H and O–H groups in total. The maximum absolute atomic E-state index is 12.4. The van der Waals surface area contributed by atoms with E-state index in [1.54, 1.807) is 36.6 Å². The molecule has 0 aliphatic carbocycles. The molecule has 0 bridgehead atoms. The largest absolute Gasteiger partial charge is 0.462 e. The number of esters is 1. The summed E-state index contributed by atoms with van der Waals surface area (Å²) in [4.78, 5) is 40.3. The van der Waals surface area contributed by atoms with E-state index in [9.17, 15) is 14.4 Å². The van der Waals surface area contributed by atoms with Crippen LogP contribution in [0.25, 0.3) is 0 Å². The normalized spacial score (nSPS) is 10.2. The second-order valence-electron chi connectivity index (χ2n) is 6.00. The lowest BCUT2D eigenvalue weighted by atomic mass is 10.1. The van der Waals surface area contributed by atoms with E-state index in [1.807, 2.05) is 30.3 Å². The predicted octanol–water partition coefficient (Wildman–Crippen LogP) is 3.75. The van der Waals surface area contributed by atoms with Crippen molar-refractivity contribution in [3.05, 3.63) is 76.8 Å². The van der Waals surface area contributed by atoms with Gasteiger partial charge in [0.15, 0.2) is 5.13 Å². The first-order valence-electron chi connectivity index (χ1n) is 8.93. The van der Waals surface area contributed by atoms with Gasteiger partial charge >= 0.3 is 5.97 Å². The molecule has 0 aliphatic heterocycles. The lowest BCUT2D eigenvalue weighted by molar-refractivity contribution is -0.115. The van der Waals surface area contributed by atoms with E-state index in [0.717, 1.165) is 5.56 Å². The van der Waals surface area contributed by atoms with Crippen LogP contribution in [0.3, 0.4) is 0 Å². The third kappa shape index (κ3) is 5.73. The molecule has 8 heteroatoms. The summed E-state index contributed by atoms with van der Waals surface area (Å²) in [6, 6.07) is 15.7. The van der Waals surface area contributed by atoms with E-state index in [0.29, 0.717) is 23.0 Å². The van der Waals surface area contributed by atoms with Crippen LogP contribution in [0.15, 0.2) is 60.0 Å². The summed E-state index contributed by atoms with van der Waals surface area (Å²) >= 11 is 1.17. The van der Waals surface area contributed by atoms with Crippen molar-refractivity contribution in [3.8, 4) is 0 Å². The Hall–Kier alpha value is -3.52. The zero-order valence-corrected chi connectivity index (χ0v) is 16.5. The van der Waals surface area contributed by atoms with Crippen molar-refractivity contribution in [3.63, 3.8) is 0 Å². The van der Waals surface area contributed by atoms with E-state index in [-0.39, 0.29) is 18.0 Å². The van der Waals surface area contributed by atoms with Gasteiger partial charge in [-0.2, -0.15) is 0 Å². The minimum atomic E-state index is -0.416. The van der Waals surface area contributed by atoms with Crippen molar-refractivity contribution in [1.82, 2.24) is 4.98 Å². The zero-order chi connectivity index (χ0) is 20.6. The second kappa shape index (κ2) is 9.61. The predicted molar refractivity (Wildman–Crippen MR) is 111 cm³/mol. The van der Waals surface area contributed by atoms with E-state index >= 15 is 0 Å². The highest BCUT2D eigenvalue weighted by atomic mass is 32.1. The van der Waals surface area contributed by atoms with Gasteiger partial charge in [0, 0.05) is 11.1 Å². The number of aromatic nitrogens is 1. The lowest BCUT2D eigenvalue weighted by Gasteiger charge is -2.05. The van der Waals surface area contributed by atoms with Crippen LogP contribution in [-0.2, 0) is 16.0 Å². The van der Waals surface area contributed by atoms with Gasteiger partial charge in [-0.05, 0) is 36.8 Å². The molecule has 0 saturated heterocycles. The summed E-state index contributed by atoms with van der Waals surface area (Å²) < 4.78 is 4.92. The summed E-state index contributed by atoms with van der Waals surface area (Å²) in [7, 11) is 0. The topological polar surface area (TPSA) is 97.4 Å². The van der Waals surface area contributed by atoms with Crippen molar-refractivity contribution < 1.29 is 19.1 Å². The van der Waals surface area contributed by atoms with Gasteiger partial charge in [0.1, 0.15) is 5.69 Å². The summed E-state index contributed by atoms with van der Waals surface area (Å²) in [5, 5.41) is 7.33. The number of nitrogens with one attached hydrogen (secondary N) is 2. The Morgan fingerprint density at radius 3 is 2.41 bits per heavy atom. The van der Waals surface area contributed by atoms with Crippen LogP contribution in [0.1, 0.15) is 33.3 Å². The number of amides is 2. The fourth-order valence-corrected chi connectivity index (χ4v) is 3.19. The Morgan fingerprint density at radius 2 is 1.72 bits per heavy atom. The first-order chi connectivity index (χ1) is 14.0. The van der Waals surface area contributed by atoms with Crippen LogP contribution in [-0.4, -0.2) is 29.4 Å². The van der Waals surface area contributed by atoms with Crippen molar-refractivity contribution in [1.29, 1.82) is 0 Å². The second-order valence-corrected chi connectivity index (χ2v) is 6.86. The lowest BCUT2D eigenvalue weighted by Crippen LogP contribution is -2.15. The number of hydrogen-bond donors (Lipinski definition) is 2. The van der Waals surface area contributed by atoms with Gasteiger partial charge < -0.3 is 15.4 Å². The molecule has 7 nitrogen and oxygen atoms in total. The highest BCUT2D eigenvalue weighted by Gasteiger charge is 2.14. The Balaban J connectivity index is 1.56. The number of hydrogen-bond acceptors (Lipinski definition) is 6. The monoisotopic (exact) mass is 409 g/mol. The van der Waals surface area contributed by atoms with Crippen molar-refractivity contribution >= 4 is 39.9 Å². The maximum Gasteiger partial charge on any atom is 0.338 e. The van der Waals surface area contributed by atoms with Crippen LogP contribution in [0.5, 0.6) is 0 Å². The highest BCUT2D eigenvalue weighted by molar-refractivity contribution is 7.14. The molecule has 0 atom stereocenters. The molecule has 2 aromatic carbocycles. The molecule has 0 fully saturated rings. The molecule has 3 aromatic rings. The Morgan fingerprint density at radius 1 is 1.00 bits per heavy atom. The Kier molecular flexibility index (Phi) is 6.70. The summed E-state index contributed by atoms with van der Waals surface area (Å²) in [6.07, 6.45) is 0.231. The molecule has 1 heterocycles. The van der Waals surface area contributed by atoms with E-state index in [4.69, 9.17) is 4.74 Å². The molecule has 0 unspecified atom stereocenters. The first kappa shape index (κ1) is 20.2. The molecule has 1 aromatic heterocycles. The molecule has 0 radical (unpaired) electrons. The number of benzene rings is 2. The van der Waals surface area contributed by atoms with Crippen LogP contribution in [0.4, 0.5) is 10.8 Å². The average molecular weight is 409 g/mol. The van der Waals surface area contributed by atoms with Gasteiger partial charge in [-0.3, -0.25) is 9.59 Å². The van der Waals surface area contributed by atoms with Crippen LogP contribution >= 0.6 is 11.3 Å². The first-order valence-corrected chi connectivity index (χ1v) is 9.81. The highest BCUT2D eigenvalue weighted by Crippen LogP contribution is 2.18. The fourth-order valence-electron chi connectivity index (χ4n) is 2.48. The van der Waals surface area contributed by atoms with Gasteiger partial charge in [-0.1, -0.05) is 30.3 Å². The molecule has 0 aliphatic rings. The number of carbonyl (C=O) groups excluding carboxylic acids is 3. The molecular weight excluding hydrogens is 390 g/mol. The minimum absolute atomic E-state index is 0.194. The van der Waals surface area contributed by atoms with Crippen LogP contribution in [0.2, 0.25) is 0 Å². The van der Waals surface area contributed by atoms with Gasteiger partial charge in [0.05, 0.1) is 18.6 Å². The quantitative estimate of drug-likeness (QED) is 0.579. The van der Waals surface area contributed by atoms with Gasteiger partial charge in [0.2, 0.25) is 5.91 Å². The van der Waals surface area contributed by atoms with Crippen molar-refractivity contribution in [2.24, 2.45) is 0 Å². The molecule has 3 rings (SSSR count). The summed E-state index contributed by atoms with van der Waals surface area (Å²) in [5.41, 5.74) is 2.01. The SMILES string of the molecule is CCOC(=O)c1ccc(NC(=O)c2csc(NC(=O)Cc3ccccc3)n2)cc1. The molecular formula is C21H19N3O4S. The Labute approximate surface area is 171 Å². The maximum atomic E-state index is 12.4. The Bertz CT molecular complexity index is 1000. The van der Waals surface area contributed by atoms with Crippen molar-refractivity contribution in [2.45, 2.75) is 13.3 Å². The number of rotatable bonds is 7. The number of anilines is 2. The molecule has 148 valence electrons. The smallest absolute Gasteiger partial charge is 0.338 e. The number of ether oxygens (including phenoxy) is 1. The molecule has 0 spiro atoms. The van der Waals surface area contributed by atoms with Gasteiger partial charge in [0.25, 0.3) is 5.91 Å². The van der Waals surface area contributed by atoms with E-state index < -0.39 is 11.9 Å². The summed E-state index contributed by atoms with van der Waals surface area (Å²) in [5.74, 6) is -1.03. The van der Waals surface area contributed by atoms with Gasteiger partial charge in [-0.25, -0.2) is 9.78 Å². The standard InChI is InChI=1S/C21H19N3O4S/c1-2-28-20(27)15-8-10-16(11-9-15)22-19(26)17-13-29-21(23-17)24-18(25)12-14-6-4-3-5-7-14/h3-11,13H,2,12H2,1H3,(H,22,26)(H,23,24,25). The molecule has 29 heavy (non-hydrogen) atoms. The van der Waals surface area contributed by atoms with Crippen LogP contribution in [0, 0.1) is 0 Å². The fraction of sp³-hybridized carbons (Fsp3) is 0.143. The van der Waals surface area contributed by atoms with Gasteiger partial charge in [-0.15, -0.1) is 11.3 Å².